The molecule has 0 aliphatic carbocycles. The molecule has 5 heteroatoms. The summed E-state index contributed by atoms with van der Waals surface area (Å²) in [5, 5.41) is 2.03. The van der Waals surface area contributed by atoms with Crippen LogP contribution in [0.1, 0.15) is 29.1 Å². The maximum atomic E-state index is 12.7. The highest BCUT2D eigenvalue weighted by Gasteiger charge is 2.20. The number of ether oxygens (including phenoxy) is 1. The van der Waals surface area contributed by atoms with Crippen LogP contribution >= 0.6 is 27.3 Å². The molecule has 112 valence electrons. The molecular formula is C16H18BrNO2S. The van der Waals surface area contributed by atoms with Crippen LogP contribution in [-0.2, 0) is 6.54 Å². The van der Waals surface area contributed by atoms with Gasteiger partial charge in [-0.3, -0.25) is 4.79 Å². The topological polar surface area (TPSA) is 29.5 Å². The summed E-state index contributed by atoms with van der Waals surface area (Å²) in [6.45, 7) is 4.70. The van der Waals surface area contributed by atoms with Crippen LogP contribution in [0.4, 0.5) is 0 Å². The largest absolute Gasteiger partial charge is 0.496 e. The number of methoxy groups -OCH3 is 1. The van der Waals surface area contributed by atoms with Crippen LogP contribution in [-0.4, -0.2) is 24.0 Å². The minimum Gasteiger partial charge on any atom is -0.496 e. The minimum atomic E-state index is 0.0294. The van der Waals surface area contributed by atoms with E-state index in [4.69, 9.17) is 4.74 Å². The summed E-state index contributed by atoms with van der Waals surface area (Å²) >= 11 is 5.10. The molecule has 0 unspecified atom stereocenters. The van der Waals surface area contributed by atoms with Crippen molar-refractivity contribution < 1.29 is 9.53 Å². The molecule has 21 heavy (non-hydrogen) atoms. The van der Waals surface area contributed by atoms with Crippen LogP contribution in [0, 0.1) is 0 Å². The molecule has 1 aromatic carbocycles. The average molecular weight is 368 g/mol. The van der Waals surface area contributed by atoms with E-state index in [2.05, 4.69) is 22.0 Å². The number of thiophene rings is 1. The standard InChI is InChI=1S/C16H18BrNO2S/c1-11(2)18(10-13-5-4-8-21-13)16(19)12-6-7-15(20-3)14(17)9-12/h4-9,11H,10H2,1-3H3. The molecule has 0 radical (unpaired) electrons. The molecule has 0 aliphatic heterocycles. The first-order valence-corrected chi connectivity index (χ1v) is 8.37. The highest BCUT2D eigenvalue weighted by molar-refractivity contribution is 9.10. The Bertz CT molecular complexity index is 611. The van der Waals surface area contributed by atoms with Gasteiger partial charge in [-0.05, 0) is 59.4 Å². The van der Waals surface area contributed by atoms with Crippen LogP contribution in [0.15, 0.2) is 40.2 Å². The zero-order valence-corrected chi connectivity index (χ0v) is 14.7. The molecule has 2 rings (SSSR count). The second kappa shape index (κ2) is 7.09. The van der Waals surface area contributed by atoms with Crippen molar-refractivity contribution in [3.8, 4) is 5.75 Å². The highest BCUT2D eigenvalue weighted by atomic mass is 79.9. The molecule has 0 bridgehead atoms. The van der Waals surface area contributed by atoms with Gasteiger partial charge in [0.05, 0.1) is 18.1 Å². The van der Waals surface area contributed by atoms with Crippen LogP contribution in [0.25, 0.3) is 0 Å². The van der Waals surface area contributed by atoms with E-state index in [9.17, 15) is 4.79 Å². The molecule has 0 saturated carbocycles. The number of carbonyl (C=O) groups excluding carboxylic acids is 1. The maximum Gasteiger partial charge on any atom is 0.254 e. The third kappa shape index (κ3) is 3.86. The van der Waals surface area contributed by atoms with Gasteiger partial charge in [-0.1, -0.05) is 6.07 Å². The Balaban J connectivity index is 2.24. The van der Waals surface area contributed by atoms with E-state index in [1.165, 1.54) is 4.88 Å². The second-order valence-corrected chi connectivity index (χ2v) is 6.84. The van der Waals surface area contributed by atoms with Crippen molar-refractivity contribution in [2.24, 2.45) is 0 Å². The predicted octanol–water partition coefficient (Wildman–Crippen LogP) is 4.57. The number of hydrogen-bond acceptors (Lipinski definition) is 3. The summed E-state index contributed by atoms with van der Waals surface area (Å²) in [4.78, 5) is 15.8. The first-order chi connectivity index (χ1) is 10.0. The van der Waals surface area contributed by atoms with Gasteiger partial charge in [0, 0.05) is 16.5 Å². The van der Waals surface area contributed by atoms with Crippen molar-refractivity contribution in [1.29, 1.82) is 0 Å². The van der Waals surface area contributed by atoms with Gasteiger partial charge in [0.1, 0.15) is 5.75 Å². The van der Waals surface area contributed by atoms with Gasteiger partial charge in [0.2, 0.25) is 0 Å². The van der Waals surface area contributed by atoms with E-state index in [0.717, 1.165) is 10.2 Å². The predicted molar refractivity (Wildman–Crippen MR) is 90.0 cm³/mol. The van der Waals surface area contributed by atoms with E-state index >= 15 is 0 Å². The highest BCUT2D eigenvalue weighted by Crippen LogP contribution is 2.27. The fraction of sp³-hybridized carbons (Fsp3) is 0.312. The Labute approximate surface area is 137 Å². The van der Waals surface area contributed by atoms with Gasteiger partial charge >= 0.3 is 0 Å². The van der Waals surface area contributed by atoms with Crippen LogP contribution in [0.2, 0.25) is 0 Å². The molecule has 0 aliphatic rings. The third-order valence-electron chi connectivity index (χ3n) is 3.19. The fourth-order valence-electron chi connectivity index (χ4n) is 2.02. The fourth-order valence-corrected chi connectivity index (χ4v) is 3.27. The number of carbonyl (C=O) groups is 1. The molecule has 0 spiro atoms. The van der Waals surface area contributed by atoms with Crippen LogP contribution in [0.3, 0.4) is 0 Å². The smallest absolute Gasteiger partial charge is 0.254 e. The summed E-state index contributed by atoms with van der Waals surface area (Å²) in [6, 6.07) is 9.62. The van der Waals surface area contributed by atoms with Crippen molar-refractivity contribution in [3.63, 3.8) is 0 Å². The van der Waals surface area contributed by atoms with E-state index < -0.39 is 0 Å². The van der Waals surface area contributed by atoms with E-state index in [1.54, 1.807) is 30.6 Å². The van der Waals surface area contributed by atoms with E-state index in [1.807, 2.05) is 36.3 Å². The molecule has 1 heterocycles. The van der Waals surface area contributed by atoms with Gasteiger partial charge < -0.3 is 9.64 Å². The summed E-state index contributed by atoms with van der Waals surface area (Å²) in [5.41, 5.74) is 0.660. The zero-order chi connectivity index (χ0) is 15.4. The minimum absolute atomic E-state index is 0.0294. The summed E-state index contributed by atoms with van der Waals surface area (Å²) in [5.74, 6) is 0.752. The normalized spacial score (nSPS) is 10.7. The van der Waals surface area contributed by atoms with Crippen molar-refractivity contribution >= 4 is 33.2 Å². The maximum absolute atomic E-state index is 12.7. The lowest BCUT2D eigenvalue weighted by Crippen LogP contribution is -2.36. The molecule has 0 N–H and O–H groups in total. The number of amides is 1. The van der Waals surface area contributed by atoms with Crippen molar-refractivity contribution in [2.75, 3.05) is 7.11 Å². The van der Waals surface area contributed by atoms with Crippen LogP contribution < -0.4 is 4.74 Å². The van der Waals surface area contributed by atoms with E-state index in [0.29, 0.717) is 12.1 Å². The molecular weight excluding hydrogens is 350 g/mol. The lowest BCUT2D eigenvalue weighted by molar-refractivity contribution is 0.0692. The van der Waals surface area contributed by atoms with Crippen LogP contribution in [0.5, 0.6) is 5.75 Å². The van der Waals surface area contributed by atoms with Gasteiger partial charge in [-0.15, -0.1) is 11.3 Å². The molecule has 1 amide bonds. The molecule has 1 aromatic heterocycles. The lowest BCUT2D eigenvalue weighted by Gasteiger charge is -2.26. The Morgan fingerprint density at radius 1 is 1.38 bits per heavy atom. The van der Waals surface area contributed by atoms with Gasteiger partial charge in [0.15, 0.2) is 0 Å². The molecule has 2 aromatic rings. The number of nitrogens with zero attached hydrogens (tertiary/aromatic N) is 1. The van der Waals surface area contributed by atoms with E-state index in [-0.39, 0.29) is 11.9 Å². The SMILES string of the molecule is COc1ccc(C(=O)N(Cc2cccs2)C(C)C)cc1Br. The third-order valence-corrected chi connectivity index (χ3v) is 4.67. The van der Waals surface area contributed by atoms with Gasteiger partial charge in [0.25, 0.3) is 5.91 Å². The molecule has 3 nitrogen and oxygen atoms in total. The molecule has 0 saturated heterocycles. The van der Waals surface area contributed by atoms with Crippen molar-refractivity contribution in [1.82, 2.24) is 4.90 Å². The van der Waals surface area contributed by atoms with Gasteiger partial charge in [-0.25, -0.2) is 0 Å². The summed E-state index contributed by atoms with van der Waals surface area (Å²) in [6.07, 6.45) is 0. The first kappa shape index (κ1) is 16.0. The quantitative estimate of drug-likeness (QED) is 0.774. The summed E-state index contributed by atoms with van der Waals surface area (Å²) in [7, 11) is 1.61. The Kier molecular flexibility index (Phi) is 5.42. The average Bonchev–Trinajstić information content (AvgIpc) is 2.96. The second-order valence-electron chi connectivity index (χ2n) is 4.96. The number of hydrogen-bond donors (Lipinski definition) is 0. The van der Waals surface area contributed by atoms with Gasteiger partial charge in [-0.2, -0.15) is 0 Å². The number of benzene rings is 1. The first-order valence-electron chi connectivity index (χ1n) is 6.69. The summed E-state index contributed by atoms with van der Waals surface area (Å²) < 4.78 is 5.99. The monoisotopic (exact) mass is 367 g/mol. The Hall–Kier alpha value is -1.33. The lowest BCUT2D eigenvalue weighted by atomic mass is 10.1. The number of rotatable bonds is 5. The van der Waals surface area contributed by atoms with Crippen molar-refractivity contribution in [2.45, 2.75) is 26.4 Å². The molecule has 0 atom stereocenters. The molecule has 0 fully saturated rings. The Morgan fingerprint density at radius 2 is 2.14 bits per heavy atom. The zero-order valence-electron chi connectivity index (χ0n) is 12.3. The van der Waals surface area contributed by atoms with Crippen molar-refractivity contribution in [3.05, 3.63) is 50.6 Å². The Morgan fingerprint density at radius 3 is 2.67 bits per heavy atom. The number of halogens is 1.